The van der Waals surface area contributed by atoms with Crippen molar-refractivity contribution in [1.29, 1.82) is 0 Å². The molecule has 0 saturated heterocycles. The van der Waals surface area contributed by atoms with E-state index in [-0.39, 0.29) is 11.7 Å². The first kappa shape index (κ1) is 10.3. The standard InChI is InChI=1S/C8H6O3.N/c9-5-6-1-3-7(4-2-6)8(10)11;/h1-5H,(H,10,11);. The predicted molar refractivity (Wildman–Crippen MR) is 40.9 cm³/mol. The maximum atomic E-state index is 10.3. The van der Waals surface area contributed by atoms with Crippen molar-refractivity contribution in [3.8, 4) is 0 Å². The molecule has 0 spiro atoms. The Balaban J connectivity index is 0.00000121. The van der Waals surface area contributed by atoms with E-state index < -0.39 is 5.97 Å². The van der Waals surface area contributed by atoms with Gasteiger partial charge in [-0.15, -0.1) is 0 Å². The normalized spacial score (nSPS) is 8.33. The summed E-state index contributed by atoms with van der Waals surface area (Å²) in [6.45, 7) is 0. The summed E-state index contributed by atoms with van der Waals surface area (Å²) in [5.41, 5.74) is 0.672. The fraction of sp³-hybridized carbons (Fsp3) is 0. The van der Waals surface area contributed by atoms with Gasteiger partial charge in [-0.05, 0) is 12.1 Å². The molecular weight excluding hydrogens is 158 g/mol. The Bertz CT molecular complexity index is 279. The third-order valence-corrected chi connectivity index (χ3v) is 1.29. The van der Waals surface area contributed by atoms with Crippen molar-refractivity contribution in [2.24, 2.45) is 0 Å². The van der Waals surface area contributed by atoms with Gasteiger partial charge in [0.05, 0.1) is 5.56 Å². The van der Waals surface area contributed by atoms with Gasteiger partial charge in [0.2, 0.25) is 0 Å². The van der Waals surface area contributed by atoms with Crippen molar-refractivity contribution >= 4 is 12.3 Å². The molecule has 0 atom stereocenters. The van der Waals surface area contributed by atoms with Crippen LogP contribution in [0.15, 0.2) is 24.3 Å². The third kappa shape index (κ3) is 2.17. The van der Waals surface area contributed by atoms with Crippen LogP contribution in [0.4, 0.5) is 0 Å². The van der Waals surface area contributed by atoms with Gasteiger partial charge in [-0.25, -0.2) is 4.79 Å². The van der Waals surface area contributed by atoms with Crippen LogP contribution in [0.25, 0.3) is 0 Å². The van der Waals surface area contributed by atoms with Gasteiger partial charge in [0, 0.05) is 11.7 Å². The second-order valence-electron chi connectivity index (χ2n) is 2.05. The average Bonchev–Trinajstić information content (AvgIpc) is 2.05. The molecule has 1 aromatic carbocycles. The minimum Gasteiger partial charge on any atom is -0.478 e. The molecular formula is C8H6NO3. The Morgan fingerprint density at radius 3 is 2.08 bits per heavy atom. The smallest absolute Gasteiger partial charge is 0.335 e. The second kappa shape index (κ2) is 4.25. The lowest BCUT2D eigenvalue weighted by atomic mass is 10.1. The number of aromatic carboxylic acids is 1. The zero-order valence-electron chi connectivity index (χ0n) is 6.10. The van der Waals surface area contributed by atoms with Crippen molar-refractivity contribution in [3.05, 3.63) is 35.4 Å². The van der Waals surface area contributed by atoms with Crippen LogP contribution in [0.5, 0.6) is 0 Å². The van der Waals surface area contributed by atoms with Crippen LogP contribution in [0.3, 0.4) is 0 Å². The molecule has 0 heterocycles. The molecule has 12 heavy (non-hydrogen) atoms. The lowest BCUT2D eigenvalue weighted by Crippen LogP contribution is -1.95. The number of hydrogen-bond acceptors (Lipinski definition) is 2. The predicted octanol–water partition coefficient (Wildman–Crippen LogP) is 0.717. The van der Waals surface area contributed by atoms with E-state index in [0.717, 1.165) is 0 Å². The average molecular weight is 164 g/mol. The molecule has 3 radical (unpaired) electrons. The molecule has 0 amide bonds. The Labute approximate surface area is 69.4 Å². The molecule has 0 aromatic heterocycles. The van der Waals surface area contributed by atoms with E-state index in [1.807, 2.05) is 0 Å². The summed E-state index contributed by atoms with van der Waals surface area (Å²) >= 11 is 0. The molecule has 0 bridgehead atoms. The minimum absolute atomic E-state index is 0. The van der Waals surface area contributed by atoms with Crippen LogP contribution in [-0.4, -0.2) is 17.4 Å². The summed E-state index contributed by atoms with van der Waals surface area (Å²) < 4.78 is 0. The molecule has 0 fully saturated rings. The van der Waals surface area contributed by atoms with Crippen LogP contribution in [-0.2, 0) is 0 Å². The maximum absolute atomic E-state index is 10.3. The van der Waals surface area contributed by atoms with Crippen LogP contribution < -0.4 is 6.15 Å². The van der Waals surface area contributed by atoms with E-state index >= 15 is 0 Å². The Morgan fingerprint density at radius 1 is 1.25 bits per heavy atom. The summed E-state index contributed by atoms with van der Waals surface area (Å²) in [5.74, 6) is -0.984. The highest BCUT2D eigenvalue weighted by molar-refractivity contribution is 5.88. The Morgan fingerprint density at radius 2 is 1.75 bits per heavy atom. The summed E-state index contributed by atoms with van der Waals surface area (Å²) in [7, 11) is 0. The van der Waals surface area contributed by atoms with E-state index in [2.05, 4.69) is 0 Å². The quantitative estimate of drug-likeness (QED) is 0.653. The fourth-order valence-corrected chi connectivity index (χ4v) is 0.704. The minimum atomic E-state index is -0.984. The summed E-state index contributed by atoms with van der Waals surface area (Å²) in [6, 6.07) is 5.73. The number of benzene rings is 1. The summed E-state index contributed by atoms with van der Waals surface area (Å²) in [4.78, 5) is 20.5. The monoisotopic (exact) mass is 164 g/mol. The van der Waals surface area contributed by atoms with Crippen LogP contribution in [0.1, 0.15) is 20.7 Å². The zero-order valence-corrected chi connectivity index (χ0v) is 6.10. The molecule has 61 valence electrons. The van der Waals surface area contributed by atoms with Gasteiger partial charge in [0.1, 0.15) is 6.29 Å². The number of carbonyl (C=O) groups excluding carboxylic acids is 1. The van der Waals surface area contributed by atoms with Gasteiger partial charge in [-0.1, -0.05) is 12.1 Å². The van der Waals surface area contributed by atoms with Gasteiger partial charge in [0.15, 0.2) is 0 Å². The number of aldehydes is 1. The van der Waals surface area contributed by atoms with Gasteiger partial charge >= 0.3 is 5.97 Å². The van der Waals surface area contributed by atoms with Gasteiger partial charge in [-0.3, -0.25) is 4.79 Å². The number of nitrogens with zero attached hydrogens (tertiary/aromatic N) is 1. The highest BCUT2D eigenvalue weighted by Crippen LogP contribution is 2.01. The van der Waals surface area contributed by atoms with E-state index in [0.29, 0.717) is 11.8 Å². The SMILES string of the molecule is O=Cc1ccc(C(=O)O)cc1.[N]. The molecule has 4 nitrogen and oxygen atoms in total. The number of carbonyl (C=O) groups is 2. The number of rotatable bonds is 2. The van der Waals surface area contributed by atoms with Gasteiger partial charge < -0.3 is 5.11 Å². The number of carboxylic acid groups (broad SMARTS) is 1. The van der Waals surface area contributed by atoms with E-state index in [9.17, 15) is 9.59 Å². The van der Waals surface area contributed by atoms with E-state index in [1.54, 1.807) is 0 Å². The highest BCUT2D eigenvalue weighted by atomic mass is 16.4. The van der Waals surface area contributed by atoms with Crippen molar-refractivity contribution in [1.82, 2.24) is 6.15 Å². The van der Waals surface area contributed by atoms with Crippen molar-refractivity contribution in [3.63, 3.8) is 0 Å². The van der Waals surface area contributed by atoms with E-state index in [4.69, 9.17) is 5.11 Å². The van der Waals surface area contributed by atoms with Gasteiger partial charge in [0.25, 0.3) is 0 Å². The number of hydrogen-bond donors (Lipinski definition) is 1. The Kier molecular flexibility index (Phi) is 3.66. The van der Waals surface area contributed by atoms with Crippen molar-refractivity contribution in [2.45, 2.75) is 0 Å². The third-order valence-electron chi connectivity index (χ3n) is 1.29. The molecule has 4 heteroatoms. The largest absolute Gasteiger partial charge is 0.478 e. The van der Waals surface area contributed by atoms with Crippen LogP contribution in [0, 0.1) is 0 Å². The first-order valence-electron chi connectivity index (χ1n) is 3.02. The molecule has 0 aliphatic carbocycles. The molecule has 0 saturated carbocycles. The highest BCUT2D eigenvalue weighted by Gasteiger charge is 1.99. The van der Waals surface area contributed by atoms with Crippen molar-refractivity contribution < 1.29 is 14.7 Å². The molecule has 0 aliphatic rings. The number of carboxylic acids is 1. The van der Waals surface area contributed by atoms with Crippen molar-refractivity contribution in [2.75, 3.05) is 0 Å². The first-order valence-corrected chi connectivity index (χ1v) is 3.02. The molecule has 0 unspecified atom stereocenters. The lowest BCUT2D eigenvalue weighted by Gasteiger charge is -1.92. The van der Waals surface area contributed by atoms with Crippen LogP contribution in [0.2, 0.25) is 0 Å². The first-order chi connectivity index (χ1) is 5.24. The Hall–Kier alpha value is -1.68. The topological polar surface area (TPSA) is 84.9 Å². The summed E-state index contributed by atoms with van der Waals surface area (Å²) in [5, 5.41) is 8.46. The molecule has 1 aromatic rings. The summed E-state index contributed by atoms with van der Waals surface area (Å²) in [6.07, 6.45) is 0.672. The van der Waals surface area contributed by atoms with Gasteiger partial charge in [-0.2, -0.15) is 0 Å². The lowest BCUT2D eigenvalue weighted by molar-refractivity contribution is 0.0696. The zero-order chi connectivity index (χ0) is 8.27. The maximum Gasteiger partial charge on any atom is 0.335 e. The van der Waals surface area contributed by atoms with Crippen LogP contribution >= 0.6 is 0 Å². The molecule has 0 aliphatic heterocycles. The molecule has 1 N–H and O–H groups in total. The fourth-order valence-electron chi connectivity index (χ4n) is 0.704. The van der Waals surface area contributed by atoms with E-state index in [1.165, 1.54) is 24.3 Å². The molecule has 1 rings (SSSR count). The second-order valence-corrected chi connectivity index (χ2v) is 2.05.